The minimum Gasteiger partial charge on any atom is -0.507 e. The zero-order chi connectivity index (χ0) is 17.6. The average molecular weight is 334 g/mol. The number of carbonyl (C=O) groups excluding carboxylic acids is 1. The molecule has 0 aromatic heterocycles. The molecule has 3 aromatic rings. The van der Waals surface area contributed by atoms with E-state index < -0.39 is 0 Å². The Kier molecular flexibility index (Phi) is 4.95. The maximum atomic E-state index is 12.1. The third-order valence-corrected chi connectivity index (χ3v) is 3.73. The molecular formula is C20H18N2O3. The highest BCUT2D eigenvalue weighted by molar-refractivity contribution is 6.03. The Morgan fingerprint density at radius 2 is 1.88 bits per heavy atom. The number of nitrogens with one attached hydrogen (secondary N) is 1. The molecule has 0 spiro atoms. The van der Waals surface area contributed by atoms with Crippen molar-refractivity contribution < 1.29 is 14.6 Å². The van der Waals surface area contributed by atoms with Crippen LogP contribution >= 0.6 is 0 Å². The molecule has 3 aromatic carbocycles. The number of hydrazone groups is 1. The number of benzene rings is 3. The summed E-state index contributed by atoms with van der Waals surface area (Å²) in [6.07, 6.45) is 1.45. The van der Waals surface area contributed by atoms with Crippen LogP contribution in [0.25, 0.3) is 10.8 Å². The number of nitrogens with zero attached hydrogens (tertiary/aromatic N) is 1. The van der Waals surface area contributed by atoms with Gasteiger partial charge in [0.1, 0.15) is 11.5 Å². The Morgan fingerprint density at radius 3 is 2.64 bits per heavy atom. The van der Waals surface area contributed by atoms with Crippen LogP contribution in [-0.2, 0) is 0 Å². The van der Waals surface area contributed by atoms with Crippen LogP contribution in [-0.4, -0.2) is 23.8 Å². The van der Waals surface area contributed by atoms with E-state index in [4.69, 9.17) is 4.74 Å². The van der Waals surface area contributed by atoms with Gasteiger partial charge in [-0.15, -0.1) is 0 Å². The minimum atomic E-state index is -0.334. The summed E-state index contributed by atoms with van der Waals surface area (Å²) < 4.78 is 5.34. The van der Waals surface area contributed by atoms with E-state index in [1.165, 1.54) is 6.21 Å². The predicted molar refractivity (Wildman–Crippen MR) is 98.3 cm³/mol. The molecule has 0 aliphatic carbocycles. The lowest BCUT2D eigenvalue weighted by molar-refractivity contribution is 0.0955. The van der Waals surface area contributed by atoms with E-state index in [2.05, 4.69) is 10.5 Å². The lowest BCUT2D eigenvalue weighted by Crippen LogP contribution is -2.17. The predicted octanol–water partition coefficient (Wildman–Crippen LogP) is 3.71. The van der Waals surface area contributed by atoms with Crippen molar-refractivity contribution in [3.63, 3.8) is 0 Å². The van der Waals surface area contributed by atoms with Crippen LogP contribution in [0.2, 0.25) is 0 Å². The number of rotatable bonds is 5. The summed E-state index contributed by atoms with van der Waals surface area (Å²) in [7, 11) is 0. The average Bonchev–Trinajstić information content (AvgIpc) is 2.64. The van der Waals surface area contributed by atoms with Crippen LogP contribution in [0.1, 0.15) is 22.8 Å². The van der Waals surface area contributed by atoms with Crippen molar-refractivity contribution in [1.82, 2.24) is 5.43 Å². The molecule has 0 atom stereocenters. The zero-order valence-electron chi connectivity index (χ0n) is 13.8. The first-order chi connectivity index (χ1) is 12.2. The molecule has 5 heteroatoms. The van der Waals surface area contributed by atoms with Gasteiger partial charge in [-0.2, -0.15) is 5.10 Å². The number of phenols is 1. The normalized spacial score (nSPS) is 10.9. The molecule has 0 saturated carbocycles. The first-order valence-corrected chi connectivity index (χ1v) is 7.96. The Morgan fingerprint density at radius 1 is 1.12 bits per heavy atom. The van der Waals surface area contributed by atoms with Crippen molar-refractivity contribution >= 4 is 22.9 Å². The van der Waals surface area contributed by atoms with Gasteiger partial charge in [0.2, 0.25) is 0 Å². The molecule has 2 N–H and O–H groups in total. The number of hydrogen-bond acceptors (Lipinski definition) is 4. The second-order valence-corrected chi connectivity index (χ2v) is 5.38. The van der Waals surface area contributed by atoms with E-state index in [9.17, 15) is 9.90 Å². The van der Waals surface area contributed by atoms with E-state index in [0.29, 0.717) is 23.5 Å². The monoisotopic (exact) mass is 334 g/mol. The molecule has 0 saturated heterocycles. The van der Waals surface area contributed by atoms with E-state index in [1.54, 1.807) is 30.3 Å². The standard InChI is InChI=1S/C20H18N2O3/c1-2-25-16-10-7-15(8-11-16)20(24)22-21-13-18-17-6-4-3-5-14(17)9-12-19(18)23/h3-13,23H,2H2,1H3,(H,22,24)/b21-13+. The maximum absolute atomic E-state index is 12.1. The molecule has 0 heterocycles. The highest BCUT2D eigenvalue weighted by atomic mass is 16.5. The minimum absolute atomic E-state index is 0.109. The Labute approximate surface area is 145 Å². The van der Waals surface area contributed by atoms with Crippen molar-refractivity contribution in [3.05, 3.63) is 71.8 Å². The summed E-state index contributed by atoms with van der Waals surface area (Å²) in [5, 5.41) is 15.9. The summed E-state index contributed by atoms with van der Waals surface area (Å²) in [4.78, 5) is 12.1. The van der Waals surface area contributed by atoms with Gasteiger partial charge in [-0.05, 0) is 48.0 Å². The van der Waals surface area contributed by atoms with Crippen molar-refractivity contribution in [3.8, 4) is 11.5 Å². The van der Waals surface area contributed by atoms with Gasteiger partial charge in [-0.3, -0.25) is 4.79 Å². The van der Waals surface area contributed by atoms with E-state index in [1.807, 2.05) is 37.3 Å². The molecule has 25 heavy (non-hydrogen) atoms. The van der Waals surface area contributed by atoms with Gasteiger partial charge in [0.05, 0.1) is 12.8 Å². The van der Waals surface area contributed by atoms with E-state index in [-0.39, 0.29) is 11.7 Å². The van der Waals surface area contributed by atoms with Crippen molar-refractivity contribution in [2.75, 3.05) is 6.61 Å². The lowest BCUT2D eigenvalue weighted by Gasteiger charge is -2.05. The van der Waals surface area contributed by atoms with Crippen molar-refractivity contribution in [1.29, 1.82) is 0 Å². The quantitative estimate of drug-likeness (QED) is 0.552. The van der Waals surface area contributed by atoms with Crippen LogP contribution in [0.3, 0.4) is 0 Å². The van der Waals surface area contributed by atoms with Gasteiger partial charge < -0.3 is 9.84 Å². The van der Waals surface area contributed by atoms with E-state index >= 15 is 0 Å². The maximum Gasteiger partial charge on any atom is 0.271 e. The highest BCUT2D eigenvalue weighted by Crippen LogP contribution is 2.25. The molecule has 5 nitrogen and oxygen atoms in total. The topological polar surface area (TPSA) is 70.9 Å². The Balaban J connectivity index is 1.75. The summed E-state index contributed by atoms with van der Waals surface area (Å²) in [6.45, 7) is 2.47. The molecule has 0 aliphatic rings. The van der Waals surface area contributed by atoms with Gasteiger partial charge >= 0.3 is 0 Å². The summed E-state index contributed by atoms with van der Waals surface area (Å²) in [5.74, 6) is 0.486. The van der Waals surface area contributed by atoms with Crippen LogP contribution in [0.4, 0.5) is 0 Å². The zero-order valence-corrected chi connectivity index (χ0v) is 13.8. The summed E-state index contributed by atoms with van der Waals surface area (Å²) in [6, 6.07) is 17.9. The van der Waals surface area contributed by atoms with Gasteiger partial charge in [-0.25, -0.2) is 5.43 Å². The summed E-state index contributed by atoms with van der Waals surface area (Å²) in [5.41, 5.74) is 3.50. The lowest BCUT2D eigenvalue weighted by atomic mass is 10.0. The van der Waals surface area contributed by atoms with E-state index in [0.717, 1.165) is 10.8 Å². The van der Waals surface area contributed by atoms with Crippen molar-refractivity contribution in [2.24, 2.45) is 5.10 Å². The molecule has 0 aliphatic heterocycles. The first-order valence-electron chi connectivity index (χ1n) is 7.96. The molecular weight excluding hydrogens is 316 g/mol. The molecule has 126 valence electrons. The van der Waals surface area contributed by atoms with Crippen molar-refractivity contribution in [2.45, 2.75) is 6.92 Å². The smallest absolute Gasteiger partial charge is 0.271 e. The second-order valence-electron chi connectivity index (χ2n) is 5.38. The largest absolute Gasteiger partial charge is 0.507 e. The van der Waals surface area contributed by atoms with Crippen LogP contribution in [0.5, 0.6) is 11.5 Å². The fraction of sp³-hybridized carbons (Fsp3) is 0.100. The third-order valence-electron chi connectivity index (χ3n) is 3.73. The summed E-state index contributed by atoms with van der Waals surface area (Å²) >= 11 is 0. The first kappa shape index (κ1) is 16.5. The SMILES string of the molecule is CCOc1ccc(C(=O)N/N=C/c2c(O)ccc3ccccc23)cc1. The molecule has 0 fully saturated rings. The number of ether oxygens (including phenoxy) is 1. The number of fused-ring (bicyclic) bond motifs is 1. The molecule has 0 unspecified atom stereocenters. The fourth-order valence-corrected chi connectivity index (χ4v) is 2.51. The Hall–Kier alpha value is -3.34. The molecule has 0 radical (unpaired) electrons. The van der Waals surface area contributed by atoms with Gasteiger partial charge in [0, 0.05) is 11.1 Å². The number of phenolic OH excluding ortho intramolecular Hbond substituents is 1. The molecule has 0 bridgehead atoms. The molecule has 3 rings (SSSR count). The van der Waals surface area contributed by atoms with Crippen LogP contribution < -0.4 is 10.2 Å². The number of carbonyl (C=O) groups is 1. The number of aromatic hydroxyl groups is 1. The fourth-order valence-electron chi connectivity index (χ4n) is 2.51. The Bertz CT molecular complexity index is 918. The van der Waals surface area contributed by atoms with Gasteiger partial charge in [-0.1, -0.05) is 30.3 Å². The van der Waals surface area contributed by atoms with Gasteiger partial charge in [0.15, 0.2) is 0 Å². The number of amides is 1. The highest BCUT2D eigenvalue weighted by Gasteiger charge is 2.06. The van der Waals surface area contributed by atoms with Crippen LogP contribution in [0, 0.1) is 0 Å². The van der Waals surface area contributed by atoms with Gasteiger partial charge in [0.25, 0.3) is 5.91 Å². The second kappa shape index (κ2) is 7.49. The third kappa shape index (κ3) is 3.77. The molecule has 1 amide bonds. The number of hydrogen-bond donors (Lipinski definition) is 2. The van der Waals surface area contributed by atoms with Crippen LogP contribution in [0.15, 0.2) is 65.8 Å².